The minimum Gasteiger partial charge on any atom is -0.360 e. The van der Waals surface area contributed by atoms with Crippen molar-refractivity contribution in [1.29, 1.82) is 0 Å². The van der Waals surface area contributed by atoms with Crippen molar-refractivity contribution in [3.8, 4) is 0 Å². The standard InChI is InChI=1S/C17H16N4O2/c1-11-7-15(23-20-11)13-8-16(22)18-17-14(13)10-21(19-17)9-12-5-3-2-4-6-12/h2-7,10,13H,8-9H2,1H3,(H,18,19,22). The molecule has 116 valence electrons. The van der Waals surface area contributed by atoms with E-state index in [9.17, 15) is 4.79 Å². The van der Waals surface area contributed by atoms with E-state index >= 15 is 0 Å². The number of hydrogen-bond acceptors (Lipinski definition) is 4. The van der Waals surface area contributed by atoms with Gasteiger partial charge >= 0.3 is 0 Å². The van der Waals surface area contributed by atoms with Crippen molar-refractivity contribution in [1.82, 2.24) is 14.9 Å². The number of hydrogen-bond donors (Lipinski definition) is 1. The van der Waals surface area contributed by atoms with Crippen LogP contribution < -0.4 is 5.32 Å². The summed E-state index contributed by atoms with van der Waals surface area (Å²) in [7, 11) is 0. The zero-order valence-electron chi connectivity index (χ0n) is 12.7. The number of carbonyl (C=O) groups is 1. The molecule has 0 saturated heterocycles. The average Bonchev–Trinajstić information content (AvgIpc) is 3.13. The molecule has 0 bridgehead atoms. The Morgan fingerprint density at radius 2 is 2.17 bits per heavy atom. The van der Waals surface area contributed by atoms with Gasteiger partial charge < -0.3 is 9.84 Å². The highest BCUT2D eigenvalue weighted by Gasteiger charge is 2.31. The minimum atomic E-state index is -0.135. The molecular formula is C17H16N4O2. The number of nitrogens with one attached hydrogen (secondary N) is 1. The number of nitrogens with zero attached hydrogens (tertiary/aromatic N) is 3. The summed E-state index contributed by atoms with van der Waals surface area (Å²) < 4.78 is 7.22. The molecule has 3 aromatic rings. The largest absolute Gasteiger partial charge is 0.360 e. The first-order valence-corrected chi connectivity index (χ1v) is 7.53. The number of carbonyl (C=O) groups excluding carboxylic acids is 1. The first kappa shape index (κ1) is 13.8. The molecule has 1 aromatic carbocycles. The maximum atomic E-state index is 12.0. The van der Waals surface area contributed by atoms with Crippen LogP contribution in [0.25, 0.3) is 0 Å². The number of rotatable bonds is 3. The third-order valence-corrected chi connectivity index (χ3v) is 3.99. The summed E-state index contributed by atoms with van der Waals surface area (Å²) in [6.07, 6.45) is 2.32. The Morgan fingerprint density at radius 1 is 1.35 bits per heavy atom. The highest BCUT2D eigenvalue weighted by molar-refractivity contribution is 5.94. The maximum Gasteiger partial charge on any atom is 0.226 e. The van der Waals surface area contributed by atoms with Gasteiger partial charge in [-0.05, 0) is 12.5 Å². The molecule has 0 saturated carbocycles. The Morgan fingerprint density at radius 3 is 2.91 bits per heavy atom. The number of amides is 1. The summed E-state index contributed by atoms with van der Waals surface area (Å²) in [6.45, 7) is 2.53. The van der Waals surface area contributed by atoms with Gasteiger partial charge in [-0.25, -0.2) is 0 Å². The Bertz CT molecular complexity index is 851. The Labute approximate surface area is 133 Å². The average molecular weight is 308 g/mol. The zero-order chi connectivity index (χ0) is 15.8. The van der Waals surface area contributed by atoms with Crippen LogP contribution in [0.2, 0.25) is 0 Å². The predicted octanol–water partition coefficient (Wildman–Crippen LogP) is 2.70. The van der Waals surface area contributed by atoms with E-state index < -0.39 is 0 Å². The summed E-state index contributed by atoms with van der Waals surface area (Å²) in [5.74, 6) is 1.13. The molecule has 0 fully saturated rings. The van der Waals surface area contributed by atoms with Gasteiger partial charge in [0, 0.05) is 24.2 Å². The summed E-state index contributed by atoms with van der Waals surface area (Å²) >= 11 is 0. The van der Waals surface area contributed by atoms with Crippen LogP contribution in [0.5, 0.6) is 0 Å². The second-order valence-electron chi connectivity index (χ2n) is 5.79. The van der Waals surface area contributed by atoms with Crippen LogP contribution in [0.3, 0.4) is 0 Å². The lowest BCUT2D eigenvalue weighted by atomic mass is 9.92. The van der Waals surface area contributed by atoms with Crippen molar-refractivity contribution < 1.29 is 9.32 Å². The quantitative estimate of drug-likeness (QED) is 0.807. The lowest BCUT2D eigenvalue weighted by Crippen LogP contribution is -2.22. The Balaban J connectivity index is 1.69. The molecule has 0 radical (unpaired) electrons. The van der Waals surface area contributed by atoms with Gasteiger partial charge in [-0.2, -0.15) is 5.10 Å². The number of benzene rings is 1. The second-order valence-corrected chi connectivity index (χ2v) is 5.79. The van der Waals surface area contributed by atoms with E-state index in [2.05, 4.69) is 27.7 Å². The molecule has 1 atom stereocenters. The highest BCUT2D eigenvalue weighted by atomic mass is 16.5. The van der Waals surface area contributed by atoms with Crippen molar-refractivity contribution in [3.05, 3.63) is 65.2 Å². The van der Waals surface area contributed by atoms with Gasteiger partial charge in [0.1, 0.15) is 5.76 Å². The van der Waals surface area contributed by atoms with Crippen molar-refractivity contribution in [2.24, 2.45) is 0 Å². The van der Waals surface area contributed by atoms with Crippen LogP contribution in [-0.2, 0) is 11.3 Å². The van der Waals surface area contributed by atoms with E-state index in [4.69, 9.17) is 4.52 Å². The van der Waals surface area contributed by atoms with Gasteiger partial charge in [0.05, 0.1) is 18.2 Å². The SMILES string of the molecule is Cc1cc(C2CC(=O)Nc3nn(Cc4ccccc4)cc32)on1. The maximum absolute atomic E-state index is 12.0. The fraction of sp³-hybridized carbons (Fsp3) is 0.235. The van der Waals surface area contributed by atoms with Gasteiger partial charge in [-0.15, -0.1) is 0 Å². The molecule has 4 rings (SSSR count). The van der Waals surface area contributed by atoms with Gasteiger partial charge in [0.25, 0.3) is 0 Å². The van der Waals surface area contributed by atoms with Gasteiger partial charge in [0.15, 0.2) is 5.82 Å². The van der Waals surface area contributed by atoms with Crippen molar-refractivity contribution >= 4 is 11.7 Å². The Hall–Kier alpha value is -2.89. The van der Waals surface area contributed by atoms with Crippen LogP contribution >= 0.6 is 0 Å². The number of aromatic nitrogens is 3. The van der Waals surface area contributed by atoms with Crippen LogP contribution in [0, 0.1) is 6.92 Å². The molecule has 0 aliphatic carbocycles. The summed E-state index contributed by atoms with van der Waals surface area (Å²) in [5.41, 5.74) is 2.94. The number of aryl methyl sites for hydroxylation is 1. The van der Waals surface area contributed by atoms with Crippen LogP contribution in [0.1, 0.15) is 34.9 Å². The number of fused-ring (bicyclic) bond motifs is 1. The zero-order valence-corrected chi connectivity index (χ0v) is 12.7. The lowest BCUT2D eigenvalue weighted by Gasteiger charge is -2.18. The molecule has 1 unspecified atom stereocenters. The van der Waals surface area contributed by atoms with Crippen molar-refractivity contribution in [2.45, 2.75) is 25.8 Å². The van der Waals surface area contributed by atoms with Gasteiger partial charge in [0.2, 0.25) is 5.91 Å². The van der Waals surface area contributed by atoms with Crippen molar-refractivity contribution in [3.63, 3.8) is 0 Å². The topological polar surface area (TPSA) is 73.0 Å². The third kappa shape index (κ3) is 2.63. The molecule has 6 heteroatoms. The van der Waals surface area contributed by atoms with Crippen molar-refractivity contribution in [2.75, 3.05) is 5.32 Å². The number of anilines is 1. The molecule has 23 heavy (non-hydrogen) atoms. The first-order chi connectivity index (χ1) is 11.2. The first-order valence-electron chi connectivity index (χ1n) is 7.53. The van der Waals surface area contributed by atoms with E-state index in [1.165, 1.54) is 0 Å². The fourth-order valence-electron chi connectivity index (χ4n) is 2.92. The molecule has 1 N–H and O–H groups in total. The Kier molecular flexibility index (Phi) is 3.22. The summed E-state index contributed by atoms with van der Waals surface area (Å²) in [4.78, 5) is 12.0. The molecule has 1 aliphatic rings. The van der Waals surface area contributed by atoms with E-state index in [0.717, 1.165) is 16.8 Å². The third-order valence-electron chi connectivity index (χ3n) is 3.99. The fourth-order valence-corrected chi connectivity index (χ4v) is 2.92. The molecule has 1 amide bonds. The lowest BCUT2D eigenvalue weighted by molar-refractivity contribution is -0.116. The highest BCUT2D eigenvalue weighted by Crippen LogP contribution is 2.36. The molecular weight excluding hydrogens is 292 g/mol. The molecule has 3 heterocycles. The molecule has 2 aromatic heterocycles. The van der Waals surface area contributed by atoms with Gasteiger partial charge in [-0.3, -0.25) is 9.48 Å². The second kappa shape index (κ2) is 5.39. The normalized spacial score (nSPS) is 16.9. The van der Waals surface area contributed by atoms with E-state index in [1.807, 2.05) is 42.1 Å². The monoisotopic (exact) mass is 308 g/mol. The van der Waals surface area contributed by atoms with E-state index in [1.54, 1.807) is 0 Å². The summed E-state index contributed by atoms with van der Waals surface area (Å²) in [5, 5.41) is 11.3. The van der Waals surface area contributed by atoms with Gasteiger partial charge in [-0.1, -0.05) is 35.5 Å². The summed E-state index contributed by atoms with van der Waals surface area (Å²) in [6, 6.07) is 12.0. The smallest absolute Gasteiger partial charge is 0.226 e. The molecule has 0 spiro atoms. The molecule has 6 nitrogen and oxygen atoms in total. The van der Waals surface area contributed by atoms with Crippen LogP contribution in [-0.4, -0.2) is 20.8 Å². The van der Waals surface area contributed by atoms with Crippen LogP contribution in [0.15, 0.2) is 47.1 Å². The molecule has 1 aliphatic heterocycles. The predicted molar refractivity (Wildman–Crippen MR) is 84.1 cm³/mol. The van der Waals surface area contributed by atoms with Crippen LogP contribution in [0.4, 0.5) is 5.82 Å². The minimum absolute atomic E-state index is 0.0542. The van der Waals surface area contributed by atoms with E-state index in [-0.39, 0.29) is 11.8 Å². The van der Waals surface area contributed by atoms with E-state index in [0.29, 0.717) is 24.5 Å².